The quantitative estimate of drug-likeness (QED) is 0.822. The number of hydrogen-bond donors (Lipinski definition) is 2. The van der Waals surface area contributed by atoms with Gasteiger partial charge in [0.15, 0.2) is 0 Å². The Morgan fingerprint density at radius 3 is 2.56 bits per heavy atom. The van der Waals surface area contributed by atoms with Crippen LogP contribution in [0.15, 0.2) is 27.8 Å². The van der Waals surface area contributed by atoms with E-state index >= 15 is 0 Å². The van der Waals surface area contributed by atoms with E-state index in [0.29, 0.717) is 0 Å². The molecule has 0 radical (unpaired) electrons. The Labute approximate surface area is 147 Å². The number of carbonyl (C=O) groups is 1. The molecule has 0 spiro atoms. The highest BCUT2D eigenvalue weighted by atomic mass is 35.5. The first-order chi connectivity index (χ1) is 11.6. The Bertz CT molecular complexity index is 951. The molecule has 0 bridgehead atoms. The lowest BCUT2D eigenvalue weighted by molar-refractivity contribution is -0.116. The number of carbonyl (C=O) groups excluding carboxylic acids is 1. The van der Waals surface area contributed by atoms with Gasteiger partial charge in [0.2, 0.25) is 5.91 Å². The first kappa shape index (κ1) is 18.5. The maximum atomic E-state index is 13.7. The van der Waals surface area contributed by atoms with Crippen molar-refractivity contribution in [3.05, 3.63) is 49.9 Å². The lowest BCUT2D eigenvalue weighted by atomic mass is 10.3. The molecule has 1 heterocycles. The summed E-state index contributed by atoms with van der Waals surface area (Å²) in [4.78, 5) is 38.3. The molecule has 1 aromatic carbocycles. The van der Waals surface area contributed by atoms with Gasteiger partial charge in [0, 0.05) is 26.2 Å². The van der Waals surface area contributed by atoms with Crippen LogP contribution in [-0.4, -0.2) is 29.1 Å². The van der Waals surface area contributed by atoms with Crippen molar-refractivity contribution in [1.29, 1.82) is 0 Å². The first-order valence-corrected chi connectivity index (χ1v) is 7.52. The number of anilines is 3. The number of hydrogen-bond acceptors (Lipinski definition) is 5. The van der Waals surface area contributed by atoms with Crippen molar-refractivity contribution in [3.63, 3.8) is 0 Å². The third-order valence-electron chi connectivity index (χ3n) is 3.52. The second kappa shape index (κ2) is 6.98. The molecule has 0 fully saturated rings. The molecule has 0 saturated carbocycles. The predicted molar refractivity (Wildman–Crippen MR) is 94.7 cm³/mol. The Kier molecular flexibility index (Phi) is 5.17. The van der Waals surface area contributed by atoms with Crippen molar-refractivity contribution in [2.75, 3.05) is 30.0 Å². The normalized spacial score (nSPS) is 10.6. The number of nitrogens with zero attached hydrogens (tertiary/aromatic N) is 3. The van der Waals surface area contributed by atoms with Crippen LogP contribution in [0.2, 0.25) is 5.02 Å². The minimum absolute atomic E-state index is 0.0135. The number of benzene rings is 1. The van der Waals surface area contributed by atoms with E-state index in [1.54, 1.807) is 14.1 Å². The molecule has 0 unspecified atom stereocenters. The maximum Gasteiger partial charge on any atom is 0.332 e. The van der Waals surface area contributed by atoms with Gasteiger partial charge in [-0.3, -0.25) is 14.2 Å². The third kappa shape index (κ3) is 3.66. The number of nitrogens with two attached hydrogens (primary N) is 1. The molecular weight excluding hydrogens is 353 g/mol. The minimum atomic E-state index is -0.750. The van der Waals surface area contributed by atoms with Crippen molar-refractivity contribution in [3.8, 4) is 0 Å². The second-order valence-electron chi connectivity index (χ2n) is 5.53. The van der Waals surface area contributed by atoms with Crippen molar-refractivity contribution in [2.24, 2.45) is 7.05 Å². The first-order valence-electron chi connectivity index (χ1n) is 7.15. The summed E-state index contributed by atoms with van der Waals surface area (Å²) in [6, 6.07) is 3.72. The Morgan fingerprint density at radius 2 is 2.00 bits per heavy atom. The fourth-order valence-electron chi connectivity index (χ4n) is 2.25. The van der Waals surface area contributed by atoms with Gasteiger partial charge < -0.3 is 16.0 Å². The average molecular weight is 370 g/mol. The highest BCUT2D eigenvalue weighted by Crippen LogP contribution is 2.19. The smallest absolute Gasteiger partial charge is 0.332 e. The van der Waals surface area contributed by atoms with Gasteiger partial charge in [0.1, 0.15) is 23.9 Å². The van der Waals surface area contributed by atoms with Gasteiger partial charge in [-0.05, 0) is 18.2 Å². The van der Waals surface area contributed by atoms with Gasteiger partial charge in [-0.25, -0.2) is 13.8 Å². The van der Waals surface area contributed by atoms with Crippen LogP contribution in [0.4, 0.5) is 21.6 Å². The molecule has 10 heteroatoms. The summed E-state index contributed by atoms with van der Waals surface area (Å²) in [6.45, 7) is -0.589. The number of aromatic nitrogens is 2. The van der Waals surface area contributed by atoms with E-state index < -0.39 is 29.5 Å². The average Bonchev–Trinajstić information content (AvgIpc) is 2.52. The van der Waals surface area contributed by atoms with Gasteiger partial charge >= 0.3 is 5.69 Å². The zero-order chi connectivity index (χ0) is 18.9. The molecular formula is C15H17ClFN5O3. The Balaban J connectivity index is 2.38. The summed E-state index contributed by atoms with van der Waals surface area (Å²) in [5.74, 6) is -1.48. The van der Waals surface area contributed by atoms with Crippen LogP contribution in [0.1, 0.15) is 0 Å². The predicted octanol–water partition coefficient (Wildman–Crippen LogP) is 0.626. The van der Waals surface area contributed by atoms with Gasteiger partial charge in [-0.2, -0.15) is 0 Å². The Hall–Kier alpha value is -2.81. The van der Waals surface area contributed by atoms with Crippen molar-refractivity contribution < 1.29 is 9.18 Å². The molecule has 2 rings (SSSR count). The topological polar surface area (TPSA) is 102 Å². The van der Waals surface area contributed by atoms with Crippen LogP contribution >= 0.6 is 11.6 Å². The molecule has 1 aromatic heterocycles. The van der Waals surface area contributed by atoms with Crippen LogP contribution in [0, 0.1) is 5.82 Å². The molecule has 8 nitrogen and oxygen atoms in total. The molecule has 134 valence electrons. The highest BCUT2D eigenvalue weighted by molar-refractivity contribution is 6.30. The highest BCUT2D eigenvalue weighted by Gasteiger charge is 2.19. The van der Waals surface area contributed by atoms with E-state index in [9.17, 15) is 18.8 Å². The number of nitrogen functional groups attached to an aromatic ring is 1. The zero-order valence-electron chi connectivity index (χ0n) is 13.8. The summed E-state index contributed by atoms with van der Waals surface area (Å²) in [5.41, 5.74) is 4.29. The summed E-state index contributed by atoms with van der Waals surface area (Å²) in [6.07, 6.45) is 0. The van der Waals surface area contributed by atoms with E-state index in [0.717, 1.165) is 15.2 Å². The molecule has 1 amide bonds. The fourth-order valence-corrected chi connectivity index (χ4v) is 2.41. The van der Waals surface area contributed by atoms with Gasteiger partial charge in [0.25, 0.3) is 5.56 Å². The maximum absolute atomic E-state index is 13.7. The largest absolute Gasteiger partial charge is 0.383 e. The van der Waals surface area contributed by atoms with Crippen LogP contribution in [0.3, 0.4) is 0 Å². The van der Waals surface area contributed by atoms with Crippen LogP contribution < -0.4 is 27.2 Å². The van der Waals surface area contributed by atoms with Crippen LogP contribution in [0.5, 0.6) is 0 Å². The summed E-state index contributed by atoms with van der Waals surface area (Å²) in [5, 5.41) is 2.47. The number of rotatable bonds is 4. The lowest BCUT2D eigenvalue weighted by Gasteiger charge is -2.18. The number of halogens is 2. The van der Waals surface area contributed by atoms with Crippen molar-refractivity contribution in [2.45, 2.75) is 6.54 Å². The van der Waals surface area contributed by atoms with E-state index in [1.165, 1.54) is 24.1 Å². The minimum Gasteiger partial charge on any atom is -0.383 e. The van der Waals surface area contributed by atoms with Gasteiger partial charge in [0.05, 0.1) is 5.69 Å². The summed E-state index contributed by atoms with van der Waals surface area (Å²) >= 11 is 5.65. The second-order valence-corrected chi connectivity index (χ2v) is 5.97. The lowest BCUT2D eigenvalue weighted by Crippen LogP contribution is -2.44. The van der Waals surface area contributed by atoms with E-state index in [1.807, 2.05) is 0 Å². The standard InChI is InChI=1S/C15H17ClFN5O3/c1-20(2)12-13(18)21(3)15(25)22(14(12)24)7-11(23)19-10-5-4-8(16)6-9(10)17/h4-6H,7,18H2,1-3H3,(H,19,23). The van der Waals surface area contributed by atoms with Crippen molar-refractivity contribution in [1.82, 2.24) is 9.13 Å². The SMILES string of the molecule is CN(C)c1c(N)n(C)c(=O)n(CC(=O)Nc2ccc(Cl)cc2F)c1=O. The molecule has 0 aliphatic heterocycles. The van der Waals surface area contributed by atoms with Crippen molar-refractivity contribution >= 4 is 34.7 Å². The Morgan fingerprint density at radius 1 is 1.36 bits per heavy atom. The fraction of sp³-hybridized carbons (Fsp3) is 0.267. The molecule has 0 saturated heterocycles. The molecule has 0 aliphatic rings. The third-order valence-corrected chi connectivity index (χ3v) is 3.76. The van der Waals surface area contributed by atoms with E-state index in [-0.39, 0.29) is 22.2 Å². The molecule has 0 atom stereocenters. The van der Waals surface area contributed by atoms with E-state index in [4.69, 9.17) is 17.3 Å². The zero-order valence-corrected chi connectivity index (χ0v) is 14.6. The molecule has 0 aliphatic carbocycles. The van der Waals surface area contributed by atoms with Crippen LogP contribution in [-0.2, 0) is 18.4 Å². The summed E-state index contributed by atoms with van der Waals surface area (Å²) < 4.78 is 15.5. The van der Waals surface area contributed by atoms with Gasteiger partial charge in [-0.15, -0.1) is 0 Å². The monoisotopic (exact) mass is 369 g/mol. The molecule has 2 aromatic rings. The van der Waals surface area contributed by atoms with Gasteiger partial charge in [-0.1, -0.05) is 11.6 Å². The molecule has 3 N–H and O–H groups in total. The number of nitrogens with one attached hydrogen (secondary N) is 1. The molecule has 25 heavy (non-hydrogen) atoms. The number of amides is 1. The summed E-state index contributed by atoms with van der Waals surface area (Å²) in [7, 11) is 4.56. The van der Waals surface area contributed by atoms with E-state index in [2.05, 4.69) is 5.32 Å². The van der Waals surface area contributed by atoms with Crippen LogP contribution in [0.25, 0.3) is 0 Å².